The maximum atomic E-state index is 13.6. The Labute approximate surface area is 206 Å². The van der Waals surface area contributed by atoms with Gasteiger partial charge in [-0.25, -0.2) is 9.37 Å². The number of fused-ring (bicyclic) bond motifs is 1. The molecule has 2 heterocycles. The van der Waals surface area contributed by atoms with Crippen molar-refractivity contribution < 1.29 is 13.9 Å². The molecule has 1 aromatic heterocycles. The topological polar surface area (TPSA) is 64.4 Å². The van der Waals surface area contributed by atoms with Gasteiger partial charge in [0.25, 0.3) is 11.5 Å². The molecule has 1 fully saturated rings. The first-order chi connectivity index (χ1) is 17.0. The first-order valence-electron chi connectivity index (χ1n) is 11.4. The molecule has 178 valence electrons. The second-order valence-electron chi connectivity index (χ2n) is 8.38. The van der Waals surface area contributed by atoms with Crippen molar-refractivity contribution in [2.24, 2.45) is 0 Å². The molecule has 0 saturated carbocycles. The SMILES string of the molecule is COc1cccc(CSc2nc3cc(C(=O)N4CCCC4)ccc3c(=O)n2-c2ccc(F)cc2)c1. The second-order valence-corrected chi connectivity index (χ2v) is 9.33. The Morgan fingerprint density at radius 3 is 2.57 bits per heavy atom. The molecule has 0 N–H and O–H groups in total. The summed E-state index contributed by atoms with van der Waals surface area (Å²) in [7, 11) is 1.62. The molecule has 0 aliphatic carbocycles. The van der Waals surface area contributed by atoms with Gasteiger partial charge in [0.05, 0.1) is 23.7 Å². The number of hydrogen-bond donors (Lipinski definition) is 0. The van der Waals surface area contributed by atoms with E-state index in [-0.39, 0.29) is 17.3 Å². The van der Waals surface area contributed by atoms with Crippen LogP contribution in [0.4, 0.5) is 4.39 Å². The van der Waals surface area contributed by atoms with Crippen molar-refractivity contribution in [3.05, 3.63) is 94.0 Å². The molecule has 8 heteroatoms. The van der Waals surface area contributed by atoms with Gasteiger partial charge in [-0.05, 0) is 73.0 Å². The monoisotopic (exact) mass is 489 g/mol. The van der Waals surface area contributed by atoms with Crippen LogP contribution in [0.15, 0.2) is 76.7 Å². The van der Waals surface area contributed by atoms with Gasteiger partial charge >= 0.3 is 0 Å². The summed E-state index contributed by atoms with van der Waals surface area (Å²) in [5, 5.41) is 0.862. The number of carbonyl (C=O) groups excluding carboxylic acids is 1. The Kier molecular flexibility index (Phi) is 6.55. The largest absolute Gasteiger partial charge is 0.497 e. The zero-order valence-electron chi connectivity index (χ0n) is 19.2. The van der Waals surface area contributed by atoms with Gasteiger partial charge in [0.1, 0.15) is 11.6 Å². The first kappa shape index (κ1) is 23.1. The van der Waals surface area contributed by atoms with Gasteiger partial charge in [-0.15, -0.1) is 0 Å². The smallest absolute Gasteiger partial charge is 0.266 e. The van der Waals surface area contributed by atoms with Gasteiger partial charge < -0.3 is 9.64 Å². The van der Waals surface area contributed by atoms with Crippen LogP contribution in [0.1, 0.15) is 28.8 Å². The van der Waals surface area contributed by atoms with Crippen molar-refractivity contribution in [1.29, 1.82) is 0 Å². The fourth-order valence-electron chi connectivity index (χ4n) is 4.23. The lowest BCUT2D eigenvalue weighted by Gasteiger charge is -2.16. The molecule has 0 unspecified atom stereocenters. The average molecular weight is 490 g/mol. The maximum Gasteiger partial charge on any atom is 0.266 e. The molecule has 0 radical (unpaired) electrons. The number of halogens is 1. The normalized spacial score (nSPS) is 13.4. The van der Waals surface area contributed by atoms with E-state index >= 15 is 0 Å². The van der Waals surface area contributed by atoms with Crippen molar-refractivity contribution in [1.82, 2.24) is 14.5 Å². The molecular weight excluding hydrogens is 465 g/mol. The molecule has 0 spiro atoms. The number of aromatic nitrogens is 2. The predicted molar refractivity (Wildman–Crippen MR) is 135 cm³/mol. The number of thioether (sulfide) groups is 1. The summed E-state index contributed by atoms with van der Waals surface area (Å²) < 4.78 is 20.4. The van der Waals surface area contributed by atoms with Crippen LogP contribution in [0.2, 0.25) is 0 Å². The predicted octanol–water partition coefficient (Wildman–Crippen LogP) is 5.06. The van der Waals surface area contributed by atoms with E-state index in [0.29, 0.717) is 33.1 Å². The van der Waals surface area contributed by atoms with Gasteiger partial charge in [0.2, 0.25) is 0 Å². The Balaban J connectivity index is 1.58. The second kappa shape index (κ2) is 9.92. The molecular formula is C27H24FN3O3S. The molecule has 0 bridgehead atoms. The highest BCUT2D eigenvalue weighted by molar-refractivity contribution is 7.98. The van der Waals surface area contributed by atoms with Crippen molar-refractivity contribution in [3.8, 4) is 11.4 Å². The molecule has 3 aromatic carbocycles. The van der Waals surface area contributed by atoms with Crippen LogP contribution >= 0.6 is 11.8 Å². The number of carbonyl (C=O) groups is 1. The number of likely N-dealkylation sites (tertiary alicyclic amines) is 1. The number of rotatable bonds is 6. The van der Waals surface area contributed by atoms with E-state index in [1.165, 1.54) is 28.5 Å². The Morgan fingerprint density at radius 1 is 1.06 bits per heavy atom. The summed E-state index contributed by atoms with van der Waals surface area (Å²) in [4.78, 5) is 33.1. The van der Waals surface area contributed by atoms with Gasteiger partial charge in [-0.1, -0.05) is 23.9 Å². The molecule has 1 saturated heterocycles. The highest BCUT2D eigenvalue weighted by Gasteiger charge is 2.21. The molecule has 1 aliphatic rings. The van der Waals surface area contributed by atoms with E-state index < -0.39 is 0 Å². The van der Waals surface area contributed by atoms with Gasteiger partial charge in [0, 0.05) is 24.4 Å². The highest BCUT2D eigenvalue weighted by Crippen LogP contribution is 2.27. The molecule has 35 heavy (non-hydrogen) atoms. The van der Waals surface area contributed by atoms with E-state index in [9.17, 15) is 14.0 Å². The van der Waals surface area contributed by atoms with Crippen molar-refractivity contribution in [2.45, 2.75) is 23.8 Å². The fraction of sp³-hybridized carbons (Fsp3) is 0.222. The van der Waals surface area contributed by atoms with Crippen LogP contribution < -0.4 is 10.3 Å². The molecule has 1 amide bonds. The third kappa shape index (κ3) is 4.79. The molecule has 1 aliphatic heterocycles. The zero-order chi connectivity index (χ0) is 24.4. The Morgan fingerprint density at radius 2 is 1.83 bits per heavy atom. The van der Waals surface area contributed by atoms with Crippen LogP contribution in [0.5, 0.6) is 5.75 Å². The standard InChI is InChI=1S/C27H24FN3O3S/c1-34-22-6-4-5-18(15-22)17-35-27-29-24-16-19(25(32)30-13-2-3-14-30)7-12-23(24)26(33)31(27)21-10-8-20(28)9-11-21/h4-12,15-16H,2-3,13-14,17H2,1H3. The minimum absolute atomic E-state index is 0.0421. The molecule has 4 aromatic rings. The lowest BCUT2D eigenvalue weighted by Crippen LogP contribution is -2.28. The van der Waals surface area contributed by atoms with Crippen LogP contribution in [0.3, 0.4) is 0 Å². The average Bonchev–Trinajstić information content (AvgIpc) is 3.43. The van der Waals surface area contributed by atoms with Crippen LogP contribution in [0.25, 0.3) is 16.6 Å². The lowest BCUT2D eigenvalue weighted by molar-refractivity contribution is 0.0793. The number of methoxy groups -OCH3 is 1. The van der Waals surface area contributed by atoms with E-state index in [4.69, 9.17) is 9.72 Å². The number of nitrogens with zero attached hydrogens (tertiary/aromatic N) is 3. The zero-order valence-corrected chi connectivity index (χ0v) is 20.1. The van der Waals surface area contributed by atoms with Crippen molar-refractivity contribution >= 4 is 28.6 Å². The summed E-state index contributed by atoms with van der Waals surface area (Å²) in [6, 6.07) is 18.5. The Hall–Kier alpha value is -3.65. The van der Waals surface area contributed by atoms with E-state index in [1.54, 1.807) is 37.4 Å². The van der Waals surface area contributed by atoms with Crippen LogP contribution in [-0.4, -0.2) is 40.6 Å². The summed E-state index contributed by atoms with van der Waals surface area (Å²) >= 11 is 1.39. The summed E-state index contributed by atoms with van der Waals surface area (Å²) in [6.45, 7) is 1.50. The van der Waals surface area contributed by atoms with Gasteiger partial charge in [0.15, 0.2) is 5.16 Å². The van der Waals surface area contributed by atoms with Gasteiger partial charge in [-0.2, -0.15) is 0 Å². The summed E-state index contributed by atoms with van der Waals surface area (Å²) in [6.07, 6.45) is 2.01. The molecule has 6 nitrogen and oxygen atoms in total. The van der Waals surface area contributed by atoms with E-state index in [1.807, 2.05) is 29.2 Å². The minimum Gasteiger partial charge on any atom is -0.497 e. The fourth-order valence-corrected chi connectivity index (χ4v) is 5.18. The third-order valence-electron chi connectivity index (χ3n) is 6.07. The van der Waals surface area contributed by atoms with Crippen LogP contribution in [-0.2, 0) is 5.75 Å². The quantitative estimate of drug-likeness (QED) is 0.280. The van der Waals surface area contributed by atoms with E-state index in [2.05, 4.69) is 0 Å². The molecule has 5 rings (SSSR count). The number of hydrogen-bond acceptors (Lipinski definition) is 5. The van der Waals surface area contributed by atoms with Crippen molar-refractivity contribution in [3.63, 3.8) is 0 Å². The number of benzene rings is 3. The number of amides is 1. The highest BCUT2D eigenvalue weighted by atomic mass is 32.2. The minimum atomic E-state index is -0.383. The van der Waals surface area contributed by atoms with E-state index in [0.717, 1.165) is 37.2 Å². The van der Waals surface area contributed by atoms with Gasteiger partial charge in [-0.3, -0.25) is 14.2 Å². The summed E-state index contributed by atoms with van der Waals surface area (Å²) in [5.74, 6) is 0.865. The molecule has 0 atom stereocenters. The first-order valence-corrected chi connectivity index (χ1v) is 12.4. The van der Waals surface area contributed by atoms with Crippen molar-refractivity contribution in [2.75, 3.05) is 20.2 Å². The Bertz CT molecular complexity index is 1450. The summed E-state index contributed by atoms with van der Waals surface area (Å²) in [5.41, 5.74) is 2.25. The lowest BCUT2D eigenvalue weighted by atomic mass is 10.1. The van der Waals surface area contributed by atoms with Crippen LogP contribution in [0, 0.1) is 5.82 Å². The third-order valence-corrected chi connectivity index (χ3v) is 7.08. The number of ether oxygens (including phenoxy) is 1. The maximum absolute atomic E-state index is 13.6.